The molecule has 0 bridgehead atoms. The third-order valence-corrected chi connectivity index (χ3v) is 19.7. The number of ether oxygens (including phenoxy) is 1. The van der Waals surface area contributed by atoms with Gasteiger partial charge in [-0.1, -0.05) is 410 Å². The van der Waals surface area contributed by atoms with E-state index in [1.165, 1.54) is 385 Å². The van der Waals surface area contributed by atoms with Crippen molar-refractivity contribution in [2.45, 2.75) is 482 Å². The molecule has 3 N–H and O–H groups in total. The molecule has 6 heteroatoms. The minimum atomic E-state index is -0.663. The highest BCUT2D eigenvalue weighted by Gasteiger charge is 2.20. The first-order chi connectivity index (χ1) is 45.0. The number of amides is 1. The molecule has 0 heterocycles. The highest BCUT2D eigenvalue weighted by molar-refractivity contribution is 5.76. The van der Waals surface area contributed by atoms with Crippen molar-refractivity contribution in [3.8, 4) is 0 Å². The molecule has 2 atom stereocenters. The maximum atomic E-state index is 12.6. The molecule has 0 aliphatic heterocycles. The van der Waals surface area contributed by atoms with Crippen LogP contribution >= 0.6 is 0 Å². The van der Waals surface area contributed by atoms with Crippen molar-refractivity contribution in [3.63, 3.8) is 0 Å². The smallest absolute Gasteiger partial charge is 0.305 e. The van der Waals surface area contributed by atoms with Gasteiger partial charge in [0, 0.05) is 12.8 Å². The van der Waals surface area contributed by atoms with Crippen molar-refractivity contribution in [1.82, 2.24) is 5.32 Å². The van der Waals surface area contributed by atoms with Crippen LogP contribution in [0.2, 0.25) is 0 Å². The van der Waals surface area contributed by atoms with E-state index in [9.17, 15) is 19.8 Å². The number of unbranched alkanes of at least 4 members (excludes halogenated alkanes) is 62. The van der Waals surface area contributed by atoms with Crippen LogP contribution in [0.3, 0.4) is 0 Å². The molecule has 0 aromatic carbocycles. The Morgan fingerprint density at radius 2 is 0.549 bits per heavy atom. The standard InChI is InChI=1S/C85H163NO5/c1-3-5-7-9-11-13-15-17-19-20-21-41-44-47-50-53-57-61-65-69-73-77-83(88)82(81-87)86-84(89)78-74-70-66-62-58-54-51-48-45-42-39-37-35-33-31-29-27-25-23-22-24-26-28-30-32-34-36-38-40-43-46-49-52-56-60-64-68-72-76-80-91-85(90)79-75-71-67-63-59-55-18-16-14-12-10-8-6-4-2/h16,18,22-23,26,28,82-83,87-88H,3-15,17,19-21,24-25,27,29-81H2,1-2H3,(H,86,89)/b18-16-,23-22-,28-26-. The lowest BCUT2D eigenvalue weighted by Crippen LogP contribution is -2.45. The Hall–Kier alpha value is -1.92. The summed E-state index contributed by atoms with van der Waals surface area (Å²) in [5, 5.41) is 23.5. The molecule has 0 saturated carbocycles. The van der Waals surface area contributed by atoms with E-state index in [-0.39, 0.29) is 18.5 Å². The van der Waals surface area contributed by atoms with E-state index in [1.807, 2.05) is 0 Å². The minimum Gasteiger partial charge on any atom is -0.466 e. The fraction of sp³-hybridized carbons (Fsp3) is 0.906. The fourth-order valence-corrected chi connectivity index (χ4v) is 13.3. The molecule has 91 heavy (non-hydrogen) atoms. The SMILES string of the molecule is CCCCCCC/C=C\CCCCCCCC(=O)OCCCCCCCCCCCCCCCCC/C=C\C/C=C\CCCCCCCCCCCCCCCCCCCC(=O)NC(CO)C(O)CCCCCCCCCCCCCCCCCCCCCCC. The van der Waals surface area contributed by atoms with E-state index >= 15 is 0 Å². The van der Waals surface area contributed by atoms with Gasteiger partial charge < -0.3 is 20.3 Å². The third kappa shape index (κ3) is 77.0. The van der Waals surface area contributed by atoms with Gasteiger partial charge in [-0.15, -0.1) is 0 Å². The van der Waals surface area contributed by atoms with Crippen LogP contribution in [-0.4, -0.2) is 47.4 Å². The Kier molecular flexibility index (Phi) is 78.8. The highest BCUT2D eigenvalue weighted by atomic mass is 16.5. The maximum Gasteiger partial charge on any atom is 0.305 e. The normalized spacial score (nSPS) is 12.6. The van der Waals surface area contributed by atoms with Crippen LogP contribution in [0.1, 0.15) is 470 Å². The van der Waals surface area contributed by atoms with E-state index in [4.69, 9.17) is 4.74 Å². The molecule has 0 rings (SSSR count). The molecule has 0 radical (unpaired) electrons. The summed E-state index contributed by atoms with van der Waals surface area (Å²) in [6.45, 7) is 4.99. The van der Waals surface area contributed by atoms with Crippen molar-refractivity contribution in [2.24, 2.45) is 0 Å². The van der Waals surface area contributed by atoms with Crippen LogP contribution in [0.25, 0.3) is 0 Å². The summed E-state index contributed by atoms with van der Waals surface area (Å²) in [5.41, 5.74) is 0. The monoisotopic (exact) mass is 1280 g/mol. The summed E-state index contributed by atoms with van der Waals surface area (Å²) in [7, 11) is 0. The first-order valence-electron chi connectivity index (χ1n) is 41.7. The quantitative estimate of drug-likeness (QED) is 0.0320. The van der Waals surface area contributed by atoms with Gasteiger partial charge in [0.05, 0.1) is 25.4 Å². The van der Waals surface area contributed by atoms with E-state index in [0.29, 0.717) is 25.9 Å². The predicted molar refractivity (Wildman–Crippen MR) is 403 cm³/mol. The molecule has 2 unspecified atom stereocenters. The van der Waals surface area contributed by atoms with Crippen molar-refractivity contribution in [3.05, 3.63) is 36.5 Å². The molecule has 0 aliphatic rings. The summed E-state index contributed by atoms with van der Waals surface area (Å²) in [6.07, 6.45) is 105. The molecule has 0 saturated heterocycles. The van der Waals surface area contributed by atoms with Crippen LogP contribution in [0.15, 0.2) is 36.5 Å². The molecule has 0 fully saturated rings. The summed E-state index contributed by atoms with van der Waals surface area (Å²) in [6, 6.07) is -0.540. The molecule has 538 valence electrons. The number of hydrogen-bond acceptors (Lipinski definition) is 5. The van der Waals surface area contributed by atoms with Gasteiger partial charge in [0.25, 0.3) is 0 Å². The maximum absolute atomic E-state index is 12.6. The number of esters is 1. The lowest BCUT2D eigenvalue weighted by Gasteiger charge is -2.22. The van der Waals surface area contributed by atoms with Gasteiger partial charge in [-0.3, -0.25) is 9.59 Å². The van der Waals surface area contributed by atoms with Crippen molar-refractivity contribution in [2.75, 3.05) is 13.2 Å². The van der Waals surface area contributed by atoms with Gasteiger partial charge in [0.2, 0.25) is 5.91 Å². The summed E-state index contributed by atoms with van der Waals surface area (Å²) in [5.74, 6) is -0.0142. The van der Waals surface area contributed by atoms with Gasteiger partial charge >= 0.3 is 5.97 Å². The molecule has 1 amide bonds. The molecule has 0 spiro atoms. The van der Waals surface area contributed by atoms with Crippen LogP contribution in [0.4, 0.5) is 0 Å². The van der Waals surface area contributed by atoms with E-state index in [1.54, 1.807) is 0 Å². The predicted octanol–water partition coefficient (Wildman–Crippen LogP) is 27.8. The summed E-state index contributed by atoms with van der Waals surface area (Å²) >= 11 is 0. The van der Waals surface area contributed by atoms with Gasteiger partial charge in [-0.2, -0.15) is 0 Å². The van der Waals surface area contributed by atoms with Crippen LogP contribution in [0.5, 0.6) is 0 Å². The van der Waals surface area contributed by atoms with E-state index < -0.39 is 12.1 Å². The number of nitrogens with one attached hydrogen (secondary N) is 1. The molecular weight excluding hydrogens is 1110 g/mol. The molecule has 0 aromatic rings. The Morgan fingerprint density at radius 1 is 0.308 bits per heavy atom. The van der Waals surface area contributed by atoms with Crippen molar-refractivity contribution >= 4 is 11.9 Å². The lowest BCUT2D eigenvalue weighted by atomic mass is 10.0. The van der Waals surface area contributed by atoms with Gasteiger partial charge in [0.15, 0.2) is 0 Å². The first-order valence-corrected chi connectivity index (χ1v) is 41.7. The van der Waals surface area contributed by atoms with Crippen LogP contribution < -0.4 is 5.32 Å². The average Bonchev–Trinajstić information content (AvgIpc) is 3.66. The Morgan fingerprint density at radius 3 is 0.846 bits per heavy atom. The third-order valence-electron chi connectivity index (χ3n) is 19.7. The highest BCUT2D eigenvalue weighted by Crippen LogP contribution is 2.20. The second kappa shape index (κ2) is 80.5. The first kappa shape index (κ1) is 89.1. The zero-order valence-electron chi connectivity index (χ0n) is 61.9. The Balaban J connectivity index is 3.35. The Labute approximate surface area is 570 Å². The largest absolute Gasteiger partial charge is 0.466 e. The second-order valence-electron chi connectivity index (χ2n) is 28.8. The topological polar surface area (TPSA) is 95.9 Å². The van der Waals surface area contributed by atoms with Crippen molar-refractivity contribution in [1.29, 1.82) is 0 Å². The second-order valence-corrected chi connectivity index (χ2v) is 28.8. The molecule has 6 nitrogen and oxygen atoms in total. The number of aliphatic hydroxyl groups is 2. The number of hydrogen-bond donors (Lipinski definition) is 3. The summed E-state index contributed by atoms with van der Waals surface area (Å²) in [4.78, 5) is 24.6. The average molecular weight is 1280 g/mol. The van der Waals surface area contributed by atoms with E-state index in [2.05, 4.69) is 55.6 Å². The zero-order chi connectivity index (χ0) is 65.6. The number of carbonyl (C=O) groups is 2. The fourth-order valence-electron chi connectivity index (χ4n) is 13.3. The van der Waals surface area contributed by atoms with Crippen LogP contribution in [-0.2, 0) is 14.3 Å². The van der Waals surface area contributed by atoms with Gasteiger partial charge in [-0.25, -0.2) is 0 Å². The van der Waals surface area contributed by atoms with E-state index in [0.717, 1.165) is 51.4 Å². The molecular formula is C85H163NO5. The zero-order valence-corrected chi connectivity index (χ0v) is 61.9. The number of aliphatic hydroxyl groups excluding tert-OH is 2. The summed E-state index contributed by atoms with van der Waals surface area (Å²) < 4.78 is 5.49. The van der Waals surface area contributed by atoms with Crippen molar-refractivity contribution < 1.29 is 24.5 Å². The number of rotatable bonds is 79. The van der Waals surface area contributed by atoms with Crippen LogP contribution in [0, 0.1) is 0 Å². The number of allylic oxidation sites excluding steroid dienone is 6. The van der Waals surface area contributed by atoms with Gasteiger partial charge in [-0.05, 0) is 83.5 Å². The minimum absolute atomic E-state index is 0.0125. The Bertz CT molecular complexity index is 1470. The lowest BCUT2D eigenvalue weighted by molar-refractivity contribution is -0.143. The molecule has 0 aromatic heterocycles. The number of carbonyl (C=O) groups excluding carboxylic acids is 2. The molecule has 0 aliphatic carbocycles. The van der Waals surface area contributed by atoms with Gasteiger partial charge in [0.1, 0.15) is 0 Å².